The van der Waals surface area contributed by atoms with Crippen LogP contribution in [0.15, 0.2) is 48.5 Å². The van der Waals surface area contributed by atoms with Crippen molar-refractivity contribution in [3.8, 4) is 11.8 Å². The Labute approximate surface area is 165 Å². The number of nitrogens with zero attached hydrogens (tertiary/aromatic N) is 1. The molecule has 0 saturated heterocycles. The maximum atomic E-state index is 11.8. The Balaban J connectivity index is 0.000000892. The van der Waals surface area contributed by atoms with Crippen molar-refractivity contribution in [2.45, 2.75) is 32.2 Å². The molecule has 0 aliphatic carbocycles. The molecule has 0 fully saturated rings. The van der Waals surface area contributed by atoms with Gasteiger partial charge in [0.25, 0.3) is 0 Å². The molecule has 1 unspecified atom stereocenters. The third kappa shape index (κ3) is 8.66. The summed E-state index contributed by atoms with van der Waals surface area (Å²) >= 11 is 0. The van der Waals surface area contributed by atoms with Crippen molar-refractivity contribution in [3.05, 3.63) is 65.2 Å². The molecule has 0 bridgehead atoms. The van der Waals surface area contributed by atoms with E-state index in [1.165, 1.54) is 0 Å². The van der Waals surface area contributed by atoms with Gasteiger partial charge in [-0.05, 0) is 55.7 Å². The Morgan fingerprint density at radius 2 is 1.64 bits per heavy atom. The van der Waals surface area contributed by atoms with E-state index in [4.69, 9.17) is 15.1 Å². The molecule has 0 aliphatic heterocycles. The molecule has 0 spiro atoms. The molecule has 2 aromatic carbocycles. The van der Waals surface area contributed by atoms with E-state index in [0.29, 0.717) is 24.1 Å². The first kappa shape index (κ1) is 23.8. The van der Waals surface area contributed by atoms with Crippen LogP contribution in [0.5, 0.6) is 5.75 Å². The van der Waals surface area contributed by atoms with E-state index in [1.54, 1.807) is 45.2 Å². The smallest absolute Gasteiger partial charge is 0.346 e. The summed E-state index contributed by atoms with van der Waals surface area (Å²) in [7, 11) is -2.77. The highest BCUT2D eigenvalue weighted by Gasteiger charge is 2.29. The minimum absolute atomic E-state index is 0.167. The van der Waals surface area contributed by atoms with E-state index in [-0.39, 0.29) is 6.10 Å². The SMILES string of the molecule is CC(C)O.COc1ccc(CCNC(c2ccc(C#N)cc2)P(=O)(O)O)cc1. The average molecular weight is 406 g/mol. The van der Waals surface area contributed by atoms with E-state index < -0.39 is 13.4 Å². The van der Waals surface area contributed by atoms with Crippen LogP contribution in [0, 0.1) is 11.3 Å². The summed E-state index contributed by atoms with van der Waals surface area (Å²) in [4.78, 5) is 19.2. The van der Waals surface area contributed by atoms with E-state index >= 15 is 0 Å². The number of methoxy groups -OCH3 is 1. The van der Waals surface area contributed by atoms with E-state index in [2.05, 4.69) is 5.32 Å². The minimum atomic E-state index is -4.37. The van der Waals surface area contributed by atoms with Crippen molar-refractivity contribution in [1.29, 1.82) is 5.26 Å². The van der Waals surface area contributed by atoms with Crippen LogP contribution < -0.4 is 10.1 Å². The number of ether oxygens (including phenoxy) is 1. The highest BCUT2D eigenvalue weighted by Crippen LogP contribution is 2.49. The Hall–Kier alpha value is -2.20. The predicted molar refractivity (Wildman–Crippen MR) is 108 cm³/mol. The number of nitrogens with one attached hydrogen (secondary N) is 1. The highest BCUT2D eigenvalue weighted by atomic mass is 31.2. The standard InChI is InChI=1S/C17H19N2O4P.C3H8O/c1-23-16-8-4-13(5-9-16)10-11-19-17(24(20,21)22)15-6-2-14(12-18)3-7-15;1-3(2)4/h2-9,17,19H,10-11H2,1H3,(H2,20,21,22);3-4H,1-2H3. The molecule has 2 rings (SSSR count). The van der Waals surface area contributed by atoms with Gasteiger partial charge in [-0.15, -0.1) is 0 Å². The summed E-state index contributed by atoms with van der Waals surface area (Å²) in [5, 5.41) is 19.8. The lowest BCUT2D eigenvalue weighted by Gasteiger charge is -2.20. The van der Waals surface area contributed by atoms with Crippen LogP contribution in [0.2, 0.25) is 0 Å². The molecule has 1 atom stereocenters. The normalized spacial score (nSPS) is 11.9. The first-order chi connectivity index (χ1) is 13.2. The molecule has 0 heterocycles. The topological polar surface area (TPSA) is 123 Å². The van der Waals surface area contributed by atoms with Crippen molar-refractivity contribution < 1.29 is 24.2 Å². The lowest BCUT2D eigenvalue weighted by molar-refractivity contribution is 0.216. The zero-order valence-electron chi connectivity index (χ0n) is 16.2. The van der Waals surface area contributed by atoms with Gasteiger partial charge in [0.15, 0.2) is 0 Å². The second-order valence-electron chi connectivity index (χ2n) is 6.37. The fourth-order valence-corrected chi connectivity index (χ4v) is 3.24. The average Bonchev–Trinajstić information content (AvgIpc) is 2.64. The van der Waals surface area contributed by atoms with Crippen LogP contribution in [0.4, 0.5) is 0 Å². The van der Waals surface area contributed by atoms with Crippen LogP contribution in [0.3, 0.4) is 0 Å². The van der Waals surface area contributed by atoms with Crippen molar-refractivity contribution >= 4 is 7.60 Å². The fraction of sp³-hybridized carbons (Fsp3) is 0.350. The van der Waals surface area contributed by atoms with Crippen LogP contribution >= 0.6 is 7.60 Å². The number of nitriles is 1. The highest BCUT2D eigenvalue weighted by molar-refractivity contribution is 7.52. The van der Waals surface area contributed by atoms with Gasteiger partial charge in [-0.2, -0.15) is 5.26 Å². The van der Waals surface area contributed by atoms with E-state index in [9.17, 15) is 14.4 Å². The molecule has 0 radical (unpaired) electrons. The largest absolute Gasteiger partial charge is 0.497 e. The van der Waals surface area contributed by atoms with Crippen LogP contribution in [-0.2, 0) is 11.0 Å². The zero-order chi connectivity index (χ0) is 21.2. The van der Waals surface area contributed by atoms with Gasteiger partial charge in [-0.25, -0.2) is 0 Å². The Kier molecular flexibility index (Phi) is 9.88. The molecule has 28 heavy (non-hydrogen) atoms. The van der Waals surface area contributed by atoms with E-state index in [0.717, 1.165) is 11.3 Å². The monoisotopic (exact) mass is 406 g/mol. The van der Waals surface area contributed by atoms with Gasteiger partial charge in [0.2, 0.25) is 0 Å². The van der Waals surface area contributed by atoms with Crippen molar-refractivity contribution in [3.63, 3.8) is 0 Å². The summed E-state index contributed by atoms with van der Waals surface area (Å²) < 4.78 is 16.9. The molecule has 4 N–H and O–H groups in total. The molecule has 0 aliphatic rings. The third-order valence-corrected chi connectivity index (χ3v) is 4.76. The molecule has 152 valence electrons. The Morgan fingerprint density at radius 1 is 1.11 bits per heavy atom. The number of hydrogen-bond donors (Lipinski definition) is 4. The Morgan fingerprint density at radius 3 is 2.07 bits per heavy atom. The third-order valence-electron chi connectivity index (χ3n) is 3.60. The minimum Gasteiger partial charge on any atom is -0.497 e. The molecule has 2 aromatic rings. The van der Waals surface area contributed by atoms with Crippen molar-refractivity contribution in [2.75, 3.05) is 13.7 Å². The second kappa shape index (κ2) is 11.6. The van der Waals surface area contributed by atoms with E-state index in [1.807, 2.05) is 30.3 Å². The molecule has 0 saturated carbocycles. The van der Waals surface area contributed by atoms with Crippen LogP contribution in [-0.4, -0.2) is 34.7 Å². The molecule has 0 aromatic heterocycles. The maximum Gasteiger partial charge on any atom is 0.346 e. The summed E-state index contributed by atoms with van der Waals surface area (Å²) in [5.41, 5.74) is 1.94. The summed E-state index contributed by atoms with van der Waals surface area (Å²) in [5.74, 6) is -0.333. The quantitative estimate of drug-likeness (QED) is 0.521. The Bertz CT molecular complexity index is 792. The zero-order valence-corrected chi connectivity index (χ0v) is 17.1. The molecule has 8 heteroatoms. The maximum absolute atomic E-state index is 11.8. The van der Waals surface area contributed by atoms with Crippen molar-refractivity contribution in [2.24, 2.45) is 0 Å². The number of aliphatic hydroxyl groups excluding tert-OH is 1. The molecule has 0 amide bonds. The number of hydrogen-bond acceptors (Lipinski definition) is 5. The summed E-state index contributed by atoms with van der Waals surface area (Å²) in [6.45, 7) is 3.85. The van der Waals surface area contributed by atoms with Gasteiger partial charge >= 0.3 is 7.60 Å². The summed E-state index contributed by atoms with van der Waals surface area (Å²) in [6.07, 6.45) is 0.455. The van der Waals surface area contributed by atoms with Gasteiger partial charge in [0.05, 0.1) is 18.7 Å². The van der Waals surface area contributed by atoms with Gasteiger partial charge in [-0.3, -0.25) is 9.88 Å². The van der Waals surface area contributed by atoms with Crippen LogP contribution in [0.25, 0.3) is 0 Å². The predicted octanol–water partition coefficient (Wildman–Crippen LogP) is 2.96. The number of rotatable bonds is 7. The lowest BCUT2D eigenvalue weighted by Crippen LogP contribution is -2.24. The van der Waals surface area contributed by atoms with Gasteiger partial charge in [-0.1, -0.05) is 24.3 Å². The molecule has 7 nitrogen and oxygen atoms in total. The summed E-state index contributed by atoms with van der Waals surface area (Å²) in [6, 6.07) is 15.7. The first-order valence-electron chi connectivity index (χ1n) is 8.77. The van der Waals surface area contributed by atoms with Gasteiger partial charge in [0, 0.05) is 12.6 Å². The second-order valence-corrected chi connectivity index (χ2v) is 8.07. The molecular weight excluding hydrogens is 379 g/mol. The number of benzene rings is 2. The lowest BCUT2D eigenvalue weighted by atomic mass is 10.1. The van der Waals surface area contributed by atoms with Crippen molar-refractivity contribution in [1.82, 2.24) is 5.32 Å². The van der Waals surface area contributed by atoms with Crippen LogP contribution in [0.1, 0.15) is 36.3 Å². The molecular formula is C20H27N2O5P. The number of aliphatic hydroxyl groups is 1. The first-order valence-corrected chi connectivity index (χ1v) is 10.4. The van der Waals surface area contributed by atoms with Gasteiger partial charge < -0.3 is 19.6 Å². The van der Waals surface area contributed by atoms with Gasteiger partial charge in [0.1, 0.15) is 11.5 Å². The fourth-order valence-electron chi connectivity index (χ4n) is 2.32.